The van der Waals surface area contributed by atoms with Gasteiger partial charge in [0.2, 0.25) is 11.8 Å². The van der Waals surface area contributed by atoms with Crippen LogP contribution in [0.5, 0.6) is 0 Å². The summed E-state index contributed by atoms with van der Waals surface area (Å²) in [6, 6.07) is 15.6. The van der Waals surface area contributed by atoms with Crippen LogP contribution in [0.1, 0.15) is 28.2 Å². The van der Waals surface area contributed by atoms with E-state index in [1.165, 1.54) is 0 Å². The van der Waals surface area contributed by atoms with Crippen molar-refractivity contribution < 1.29 is 19.5 Å². The van der Waals surface area contributed by atoms with E-state index in [2.05, 4.69) is 15.9 Å². The molecule has 0 unspecified atom stereocenters. The molecule has 6 rings (SSSR count). The third-order valence-electron chi connectivity index (χ3n) is 5.89. The van der Waals surface area contributed by atoms with Gasteiger partial charge in [-0.25, -0.2) is 0 Å². The van der Waals surface area contributed by atoms with Crippen LogP contribution in [0.25, 0.3) is 0 Å². The van der Waals surface area contributed by atoms with Crippen molar-refractivity contribution in [2.45, 2.75) is 10.2 Å². The van der Waals surface area contributed by atoms with Gasteiger partial charge in [0.15, 0.2) is 0 Å². The number of hydrogen-bond donors (Lipinski definition) is 0. The number of benzene rings is 2. The first-order valence-corrected chi connectivity index (χ1v) is 9.18. The summed E-state index contributed by atoms with van der Waals surface area (Å²) in [6.07, 6.45) is 0. The van der Waals surface area contributed by atoms with Crippen LogP contribution >= 0.6 is 15.9 Å². The molecule has 3 aliphatic carbocycles. The maximum atomic E-state index is 13.1. The highest BCUT2D eigenvalue weighted by Gasteiger charge is 2.67. The lowest BCUT2D eigenvalue weighted by Gasteiger charge is -2.51. The molecular formula is C20H13BrNO4-. The summed E-state index contributed by atoms with van der Waals surface area (Å²) < 4.78 is -0.840. The smallest absolute Gasteiger partial charge is 0.235 e. The fourth-order valence-corrected chi connectivity index (χ4v) is 6.23. The van der Waals surface area contributed by atoms with E-state index in [0.29, 0.717) is 0 Å². The van der Waals surface area contributed by atoms with Crippen LogP contribution in [-0.2, 0) is 18.7 Å². The van der Waals surface area contributed by atoms with Gasteiger partial charge in [0.25, 0.3) is 0 Å². The van der Waals surface area contributed by atoms with Crippen LogP contribution in [0.3, 0.4) is 0 Å². The van der Waals surface area contributed by atoms with Crippen molar-refractivity contribution in [3.8, 4) is 0 Å². The molecule has 1 heterocycles. The molecule has 5 nitrogen and oxygen atoms in total. The van der Waals surface area contributed by atoms with Crippen molar-refractivity contribution in [3.63, 3.8) is 0 Å². The first-order valence-electron chi connectivity index (χ1n) is 8.39. The second kappa shape index (κ2) is 5.04. The molecule has 2 amide bonds. The quantitative estimate of drug-likeness (QED) is 0.549. The van der Waals surface area contributed by atoms with Gasteiger partial charge in [0.05, 0.1) is 28.7 Å². The zero-order valence-corrected chi connectivity index (χ0v) is 15.1. The molecule has 26 heavy (non-hydrogen) atoms. The van der Waals surface area contributed by atoms with Crippen LogP contribution in [-0.4, -0.2) is 29.2 Å². The summed E-state index contributed by atoms with van der Waals surface area (Å²) in [5.41, 5.74) is 3.98. The SMILES string of the molecule is O=C([O-])CN1C(=O)[C@@H]2C3c4ccccc4C(Br)(c4ccccc43)[C@H]2C1=O. The van der Waals surface area contributed by atoms with E-state index in [1.807, 2.05) is 48.5 Å². The van der Waals surface area contributed by atoms with E-state index in [4.69, 9.17) is 0 Å². The Morgan fingerprint density at radius 2 is 1.54 bits per heavy atom. The number of aliphatic carboxylic acids is 1. The summed E-state index contributed by atoms with van der Waals surface area (Å²) in [6.45, 7) is -0.701. The van der Waals surface area contributed by atoms with E-state index >= 15 is 0 Å². The molecular weight excluding hydrogens is 398 g/mol. The number of halogens is 1. The lowest BCUT2D eigenvalue weighted by Crippen LogP contribution is -2.50. The number of alkyl halides is 1. The standard InChI is InChI=1S/C20H14BrNO4/c21-20-12-7-3-1-5-10(12)15(11-6-2-4-8-13(11)20)16-17(20)19(26)22(18(16)25)9-14(23)24/h1-8,15-17H,9H2,(H,23,24)/p-1/t15?,16-,17-,20?/m1/s1. The molecule has 1 fully saturated rings. The number of nitrogens with zero attached hydrogens (tertiary/aromatic N) is 1. The fraction of sp³-hybridized carbons (Fsp3) is 0.250. The largest absolute Gasteiger partial charge is 0.548 e. The van der Waals surface area contributed by atoms with Crippen molar-refractivity contribution in [3.05, 3.63) is 70.8 Å². The molecule has 2 bridgehead atoms. The first kappa shape index (κ1) is 15.8. The van der Waals surface area contributed by atoms with Crippen LogP contribution in [0, 0.1) is 11.8 Å². The number of hydrogen-bond acceptors (Lipinski definition) is 4. The molecule has 0 saturated carbocycles. The van der Waals surface area contributed by atoms with Gasteiger partial charge in [-0.15, -0.1) is 0 Å². The predicted molar refractivity (Wildman–Crippen MR) is 93.1 cm³/mol. The van der Waals surface area contributed by atoms with E-state index < -0.39 is 40.5 Å². The number of carbonyl (C=O) groups is 3. The minimum atomic E-state index is -1.43. The lowest BCUT2D eigenvalue weighted by atomic mass is 9.55. The van der Waals surface area contributed by atoms with Crippen molar-refractivity contribution >= 4 is 33.7 Å². The summed E-state index contributed by atoms with van der Waals surface area (Å²) in [4.78, 5) is 38.0. The van der Waals surface area contributed by atoms with Crippen molar-refractivity contribution in [2.75, 3.05) is 6.54 Å². The minimum absolute atomic E-state index is 0.255. The Bertz CT molecular complexity index is 953. The molecule has 2 aromatic rings. The summed E-state index contributed by atoms with van der Waals surface area (Å²) in [7, 11) is 0. The van der Waals surface area contributed by atoms with Crippen molar-refractivity contribution in [2.24, 2.45) is 11.8 Å². The Labute approximate surface area is 157 Å². The average Bonchev–Trinajstić information content (AvgIpc) is 2.88. The zero-order chi connectivity index (χ0) is 18.2. The Balaban J connectivity index is 1.80. The normalized spacial score (nSPS) is 30.8. The van der Waals surface area contributed by atoms with Gasteiger partial charge < -0.3 is 9.90 Å². The molecule has 4 aliphatic rings. The molecule has 2 aromatic carbocycles. The highest BCUT2D eigenvalue weighted by Crippen LogP contribution is 2.66. The van der Waals surface area contributed by atoms with E-state index in [1.54, 1.807) is 0 Å². The van der Waals surface area contributed by atoms with E-state index in [0.717, 1.165) is 27.2 Å². The van der Waals surface area contributed by atoms with Gasteiger partial charge in [-0.1, -0.05) is 64.5 Å². The predicted octanol–water partition coefficient (Wildman–Crippen LogP) is 1.14. The summed E-state index contributed by atoms with van der Waals surface area (Å²) >= 11 is 3.84. The van der Waals surface area contributed by atoms with Crippen LogP contribution in [0.2, 0.25) is 0 Å². The molecule has 0 spiro atoms. The van der Waals surface area contributed by atoms with Crippen molar-refractivity contribution in [1.82, 2.24) is 4.90 Å². The maximum Gasteiger partial charge on any atom is 0.235 e. The third kappa shape index (κ3) is 1.68. The molecule has 2 atom stereocenters. The number of imide groups is 1. The lowest BCUT2D eigenvalue weighted by molar-refractivity contribution is -0.305. The first-order chi connectivity index (χ1) is 12.5. The summed E-state index contributed by atoms with van der Waals surface area (Å²) in [5.74, 6) is -3.83. The van der Waals surface area contributed by atoms with E-state index in [9.17, 15) is 19.5 Å². The minimum Gasteiger partial charge on any atom is -0.548 e. The highest BCUT2D eigenvalue weighted by atomic mass is 79.9. The number of rotatable bonds is 2. The Morgan fingerprint density at radius 1 is 1.00 bits per heavy atom. The third-order valence-corrected chi connectivity index (χ3v) is 7.24. The average molecular weight is 411 g/mol. The van der Waals surface area contributed by atoms with Gasteiger partial charge in [-0.05, 0) is 22.3 Å². The molecule has 1 saturated heterocycles. The Morgan fingerprint density at radius 3 is 2.08 bits per heavy atom. The monoisotopic (exact) mass is 410 g/mol. The van der Waals surface area contributed by atoms with Crippen LogP contribution in [0.4, 0.5) is 0 Å². The second-order valence-electron chi connectivity index (χ2n) is 7.00. The van der Waals surface area contributed by atoms with Crippen LogP contribution in [0.15, 0.2) is 48.5 Å². The van der Waals surface area contributed by atoms with Gasteiger partial charge in [-0.2, -0.15) is 0 Å². The van der Waals surface area contributed by atoms with Crippen molar-refractivity contribution in [1.29, 1.82) is 0 Å². The number of carboxylic acids is 1. The molecule has 6 heteroatoms. The maximum absolute atomic E-state index is 13.1. The molecule has 1 aliphatic heterocycles. The van der Waals surface area contributed by atoms with Crippen LogP contribution < -0.4 is 5.11 Å². The molecule has 130 valence electrons. The number of likely N-dealkylation sites (tertiary alicyclic amines) is 1. The van der Waals surface area contributed by atoms with Gasteiger partial charge >= 0.3 is 0 Å². The molecule has 0 aromatic heterocycles. The fourth-order valence-electron chi connectivity index (χ4n) is 5.02. The van der Waals surface area contributed by atoms with Gasteiger partial charge in [0, 0.05) is 5.92 Å². The topological polar surface area (TPSA) is 77.5 Å². The Kier molecular flexibility index (Phi) is 3.05. The highest BCUT2D eigenvalue weighted by molar-refractivity contribution is 9.09. The zero-order valence-electron chi connectivity index (χ0n) is 13.5. The van der Waals surface area contributed by atoms with E-state index in [-0.39, 0.29) is 5.92 Å². The number of amides is 2. The number of carbonyl (C=O) groups excluding carboxylic acids is 3. The van der Waals surface area contributed by atoms with Gasteiger partial charge in [-0.3, -0.25) is 14.5 Å². The summed E-state index contributed by atoms with van der Waals surface area (Å²) in [5, 5.41) is 11.1. The Hall–Kier alpha value is -2.47. The molecule has 0 N–H and O–H groups in total. The second-order valence-corrected chi connectivity index (χ2v) is 8.25. The van der Waals surface area contributed by atoms with Gasteiger partial charge in [0.1, 0.15) is 0 Å². The number of carboxylic acid groups (broad SMARTS) is 1. The molecule has 0 radical (unpaired) electrons.